The summed E-state index contributed by atoms with van der Waals surface area (Å²) in [6, 6.07) is 5.88. The average molecular weight is 364 g/mol. The van der Waals surface area contributed by atoms with Gasteiger partial charge in [-0.3, -0.25) is 0 Å². The number of anilines is 1. The van der Waals surface area contributed by atoms with Gasteiger partial charge in [0, 0.05) is 11.6 Å². The summed E-state index contributed by atoms with van der Waals surface area (Å²) < 4.78 is 10.7. The number of rotatable bonds is 8. The molecule has 0 fully saturated rings. The molecule has 5 nitrogen and oxygen atoms in total. The van der Waals surface area contributed by atoms with Crippen LogP contribution in [0.4, 0.5) is 5.82 Å². The largest absolute Gasteiger partial charge is 0.497 e. The number of methoxy groups -OCH3 is 2. The van der Waals surface area contributed by atoms with Crippen molar-refractivity contribution in [3.05, 3.63) is 28.9 Å². The topological polar surface area (TPSA) is 56.3 Å². The fraction of sp³-hybridized carbons (Fsp3) is 0.474. The van der Waals surface area contributed by atoms with Crippen molar-refractivity contribution in [2.45, 2.75) is 46.1 Å². The van der Waals surface area contributed by atoms with E-state index in [0.717, 1.165) is 36.2 Å². The molecule has 0 saturated heterocycles. The van der Waals surface area contributed by atoms with Crippen LogP contribution in [0.3, 0.4) is 0 Å². The molecular formula is C19H26ClN3O2. The number of nitrogens with one attached hydrogen (secondary N) is 1. The molecular weight excluding hydrogens is 338 g/mol. The van der Waals surface area contributed by atoms with E-state index in [1.165, 1.54) is 0 Å². The number of hydrogen-bond donors (Lipinski definition) is 1. The predicted molar refractivity (Wildman–Crippen MR) is 103 cm³/mol. The minimum absolute atomic E-state index is 0.336. The van der Waals surface area contributed by atoms with Crippen molar-refractivity contribution in [3.63, 3.8) is 0 Å². The lowest BCUT2D eigenvalue weighted by Crippen LogP contribution is -2.19. The first-order chi connectivity index (χ1) is 12.1. The standard InChI is InChI=1S/C19H26ClN3O2/c1-6-12(7-2)21-18-19(25-5)23-17(16(8-3)22-18)14-10-9-13(24-4)11-15(14)20/h9-12H,6-8H2,1-5H3,(H,21,22). The molecule has 0 spiro atoms. The first-order valence-corrected chi connectivity index (χ1v) is 9.00. The SMILES string of the molecule is CCc1nc(NC(CC)CC)c(OC)nc1-c1ccc(OC)cc1Cl. The van der Waals surface area contributed by atoms with E-state index in [4.69, 9.17) is 31.0 Å². The lowest BCUT2D eigenvalue weighted by atomic mass is 10.1. The number of ether oxygens (including phenoxy) is 2. The van der Waals surface area contributed by atoms with Crippen LogP contribution in [0, 0.1) is 0 Å². The second-order valence-corrected chi connectivity index (χ2v) is 6.14. The third kappa shape index (κ3) is 4.34. The van der Waals surface area contributed by atoms with Gasteiger partial charge in [0.2, 0.25) is 0 Å². The maximum absolute atomic E-state index is 6.43. The molecule has 2 rings (SSSR count). The first kappa shape index (κ1) is 19.3. The van der Waals surface area contributed by atoms with Crippen LogP contribution < -0.4 is 14.8 Å². The molecule has 1 heterocycles. The zero-order chi connectivity index (χ0) is 18.4. The van der Waals surface area contributed by atoms with E-state index in [-0.39, 0.29) is 0 Å². The van der Waals surface area contributed by atoms with Crippen molar-refractivity contribution in [2.75, 3.05) is 19.5 Å². The maximum Gasteiger partial charge on any atom is 0.257 e. The Morgan fingerprint density at radius 1 is 1.08 bits per heavy atom. The van der Waals surface area contributed by atoms with Gasteiger partial charge in [-0.1, -0.05) is 32.4 Å². The van der Waals surface area contributed by atoms with Crippen LogP contribution in [0.5, 0.6) is 11.6 Å². The van der Waals surface area contributed by atoms with Gasteiger partial charge in [-0.15, -0.1) is 0 Å². The van der Waals surface area contributed by atoms with Gasteiger partial charge in [-0.2, -0.15) is 0 Å². The minimum Gasteiger partial charge on any atom is -0.497 e. The van der Waals surface area contributed by atoms with Crippen molar-refractivity contribution in [1.82, 2.24) is 9.97 Å². The van der Waals surface area contributed by atoms with E-state index in [9.17, 15) is 0 Å². The number of nitrogens with zero attached hydrogens (tertiary/aromatic N) is 2. The Morgan fingerprint density at radius 2 is 1.80 bits per heavy atom. The summed E-state index contributed by atoms with van der Waals surface area (Å²) in [6.07, 6.45) is 2.76. The molecule has 0 radical (unpaired) electrons. The highest BCUT2D eigenvalue weighted by Crippen LogP contribution is 2.34. The second kappa shape index (κ2) is 8.90. The zero-order valence-corrected chi connectivity index (χ0v) is 16.3. The second-order valence-electron chi connectivity index (χ2n) is 5.73. The molecule has 0 aliphatic rings. The molecule has 136 valence electrons. The monoisotopic (exact) mass is 363 g/mol. The zero-order valence-electron chi connectivity index (χ0n) is 15.5. The van der Waals surface area contributed by atoms with Gasteiger partial charge >= 0.3 is 0 Å². The van der Waals surface area contributed by atoms with Crippen molar-refractivity contribution >= 4 is 17.4 Å². The normalized spacial score (nSPS) is 10.8. The van der Waals surface area contributed by atoms with E-state index in [1.807, 2.05) is 12.1 Å². The van der Waals surface area contributed by atoms with Crippen molar-refractivity contribution in [1.29, 1.82) is 0 Å². The molecule has 1 N–H and O–H groups in total. The maximum atomic E-state index is 6.43. The van der Waals surface area contributed by atoms with Crippen LogP contribution >= 0.6 is 11.6 Å². The fourth-order valence-electron chi connectivity index (χ4n) is 2.65. The molecule has 0 atom stereocenters. The van der Waals surface area contributed by atoms with Gasteiger partial charge in [0.1, 0.15) is 5.75 Å². The van der Waals surface area contributed by atoms with Crippen LogP contribution in [0.15, 0.2) is 18.2 Å². The van der Waals surface area contributed by atoms with Crippen molar-refractivity contribution in [2.24, 2.45) is 0 Å². The van der Waals surface area contributed by atoms with Crippen LogP contribution in [0.2, 0.25) is 5.02 Å². The summed E-state index contributed by atoms with van der Waals surface area (Å²) in [6.45, 7) is 6.35. The van der Waals surface area contributed by atoms with Gasteiger partial charge < -0.3 is 14.8 Å². The van der Waals surface area contributed by atoms with Crippen molar-refractivity contribution < 1.29 is 9.47 Å². The summed E-state index contributed by atoms with van der Waals surface area (Å²) in [4.78, 5) is 9.47. The van der Waals surface area contributed by atoms with Crippen LogP contribution in [0.25, 0.3) is 11.3 Å². The number of benzene rings is 1. The molecule has 1 aromatic heterocycles. The van der Waals surface area contributed by atoms with Gasteiger partial charge in [0.25, 0.3) is 5.88 Å². The van der Waals surface area contributed by atoms with E-state index >= 15 is 0 Å². The van der Waals surface area contributed by atoms with Gasteiger partial charge in [-0.05, 0) is 37.5 Å². The molecule has 0 unspecified atom stereocenters. The number of aryl methyl sites for hydroxylation is 1. The highest BCUT2D eigenvalue weighted by Gasteiger charge is 2.18. The number of halogens is 1. The molecule has 0 amide bonds. The van der Waals surface area contributed by atoms with Crippen molar-refractivity contribution in [3.8, 4) is 22.9 Å². The lowest BCUT2D eigenvalue weighted by molar-refractivity contribution is 0.397. The Balaban J connectivity index is 2.52. The van der Waals surface area contributed by atoms with Gasteiger partial charge in [0.05, 0.1) is 30.6 Å². The Labute approximate surface area is 154 Å². The average Bonchev–Trinajstić information content (AvgIpc) is 2.65. The van der Waals surface area contributed by atoms with E-state index < -0.39 is 0 Å². The molecule has 6 heteroatoms. The Kier molecular flexibility index (Phi) is 6.88. The Bertz CT molecular complexity index is 718. The molecule has 0 bridgehead atoms. The molecule has 0 saturated carbocycles. The van der Waals surface area contributed by atoms with E-state index in [0.29, 0.717) is 28.5 Å². The predicted octanol–water partition coefficient (Wildman–Crippen LogP) is 4.98. The smallest absolute Gasteiger partial charge is 0.257 e. The van der Waals surface area contributed by atoms with E-state index in [2.05, 4.69) is 26.1 Å². The summed E-state index contributed by atoms with van der Waals surface area (Å²) in [5, 5.41) is 4.01. The van der Waals surface area contributed by atoms with E-state index in [1.54, 1.807) is 20.3 Å². The number of aromatic nitrogens is 2. The number of hydrogen-bond acceptors (Lipinski definition) is 5. The summed E-state index contributed by atoms with van der Waals surface area (Å²) in [7, 11) is 3.22. The third-order valence-electron chi connectivity index (χ3n) is 4.22. The quantitative estimate of drug-likeness (QED) is 0.717. The highest BCUT2D eigenvalue weighted by molar-refractivity contribution is 6.33. The first-order valence-electron chi connectivity index (χ1n) is 8.63. The molecule has 2 aromatic rings. The Hall–Kier alpha value is -2.01. The van der Waals surface area contributed by atoms with Crippen LogP contribution in [-0.2, 0) is 6.42 Å². The fourth-order valence-corrected chi connectivity index (χ4v) is 2.91. The highest BCUT2D eigenvalue weighted by atomic mass is 35.5. The van der Waals surface area contributed by atoms with Gasteiger partial charge in [-0.25, -0.2) is 9.97 Å². The van der Waals surface area contributed by atoms with Crippen LogP contribution in [0.1, 0.15) is 39.3 Å². The summed E-state index contributed by atoms with van der Waals surface area (Å²) in [5.41, 5.74) is 2.43. The minimum atomic E-state index is 0.336. The molecule has 1 aromatic carbocycles. The molecule has 25 heavy (non-hydrogen) atoms. The molecule has 0 aliphatic heterocycles. The Morgan fingerprint density at radius 3 is 2.32 bits per heavy atom. The summed E-state index contributed by atoms with van der Waals surface area (Å²) >= 11 is 6.43. The van der Waals surface area contributed by atoms with Gasteiger partial charge in [0.15, 0.2) is 5.82 Å². The third-order valence-corrected chi connectivity index (χ3v) is 4.53. The summed E-state index contributed by atoms with van der Waals surface area (Å²) in [5.74, 6) is 1.87. The molecule has 0 aliphatic carbocycles. The van der Waals surface area contributed by atoms with Crippen LogP contribution in [-0.4, -0.2) is 30.2 Å². The lowest BCUT2D eigenvalue weighted by Gasteiger charge is -2.19.